The largest absolute Gasteiger partial charge is 0.320 e. The topological polar surface area (TPSA) is 42.0 Å². The van der Waals surface area contributed by atoms with Crippen LogP contribution >= 0.6 is 11.8 Å². The molecule has 0 radical (unpaired) electrons. The van der Waals surface area contributed by atoms with Crippen LogP contribution in [0, 0.1) is 0 Å². The molecule has 0 spiro atoms. The average molecular weight is 218 g/mol. The van der Waals surface area contributed by atoms with Gasteiger partial charge in [-0.15, -0.1) is 11.8 Å². The lowest BCUT2D eigenvalue weighted by atomic mass is 10.4. The Morgan fingerprint density at radius 3 is 2.86 bits per heavy atom. The number of anilines is 1. The molecule has 1 N–H and O–H groups in total. The van der Waals surface area contributed by atoms with Gasteiger partial charge in [0, 0.05) is 11.1 Å². The molecule has 0 aromatic carbocycles. The molecule has 0 atom stereocenters. The number of nitrogens with one attached hydrogen (secondary N) is 1. The highest BCUT2D eigenvalue weighted by atomic mass is 32.2. The summed E-state index contributed by atoms with van der Waals surface area (Å²) in [6, 6.07) is 1.58. The normalized spacial score (nSPS) is 10.3. The Labute approximate surface area is 83.9 Å². The maximum atomic E-state index is 11.9. The minimum absolute atomic E-state index is 0.280. The van der Waals surface area contributed by atoms with E-state index >= 15 is 0 Å². The third kappa shape index (κ3) is 2.95. The van der Waals surface area contributed by atoms with Crippen LogP contribution in [-0.4, -0.2) is 23.6 Å². The maximum Gasteiger partial charge on any atom is 0.315 e. The molecule has 6 heteroatoms. The minimum atomic E-state index is -3.01. The summed E-state index contributed by atoms with van der Waals surface area (Å²) < 4.78 is 23.7. The van der Waals surface area contributed by atoms with Gasteiger partial charge in [-0.2, -0.15) is 8.78 Å². The van der Waals surface area contributed by atoms with Gasteiger partial charge < -0.3 is 5.32 Å². The molecule has 0 aliphatic heterocycles. The van der Waals surface area contributed by atoms with Gasteiger partial charge in [0.25, 0.3) is 5.91 Å². The van der Waals surface area contributed by atoms with E-state index in [9.17, 15) is 13.6 Å². The first kappa shape index (κ1) is 10.9. The van der Waals surface area contributed by atoms with E-state index in [1.807, 2.05) is 6.26 Å². The molecule has 3 nitrogen and oxygen atoms in total. The molecule has 1 heterocycles. The zero-order valence-corrected chi connectivity index (χ0v) is 8.15. The summed E-state index contributed by atoms with van der Waals surface area (Å²) >= 11 is 1.42. The fourth-order valence-corrected chi connectivity index (χ4v) is 1.21. The number of alkyl halides is 2. The first-order valence-electron chi connectivity index (χ1n) is 3.71. The summed E-state index contributed by atoms with van der Waals surface area (Å²) in [4.78, 5) is 15.2. The second-order valence-corrected chi connectivity index (χ2v) is 3.28. The third-order valence-electron chi connectivity index (χ3n) is 1.41. The highest BCUT2D eigenvalue weighted by Gasteiger charge is 2.14. The number of thioether (sulfide) groups is 1. The molecular formula is C8H8F2N2OS. The van der Waals surface area contributed by atoms with Crippen LogP contribution in [0.25, 0.3) is 0 Å². The summed E-state index contributed by atoms with van der Waals surface area (Å²) in [5, 5.41) is 2.05. The Morgan fingerprint density at radius 1 is 1.57 bits per heavy atom. The molecule has 0 saturated heterocycles. The van der Waals surface area contributed by atoms with E-state index in [1.54, 1.807) is 12.3 Å². The minimum Gasteiger partial charge on any atom is -0.320 e. The van der Waals surface area contributed by atoms with Gasteiger partial charge in [0.05, 0.1) is 11.9 Å². The van der Waals surface area contributed by atoms with Gasteiger partial charge in [-0.1, -0.05) is 0 Å². The van der Waals surface area contributed by atoms with E-state index in [0.717, 1.165) is 4.90 Å². The number of hydrogen-bond acceptors (Lipinski definition) is 3. The lowest BCUT2D eigenvalue weighted by Gasteiger charge is -2.04. The van der Waals surface area contributed by atoms with E-state index in [2.05, 4.69) is 10.3 Å². The molecule has 1 rings (SSSR count). The number of hydrogen-bond donors (Lipinski definition) is 1. The Balaban J connectivity index is 2.72. The second-order valence-electron chi connectivity index (χ2n) is 2.40. The summed E-state index contributed by atoms with van der Waals surface area (Å²) in [6.07, 6.45) is 1.73. The number of pyridine rings is 1. The van der Waals surface area contributed by atoms with Crippen molar-refractivity contribution >= 4 is 23.4 Å². The predicted octanol–water partition coefficient (Wildman–Crippen LogP) is 2.01. The molecule has 0 aliphatic carbocycles. The second kappa shape index (κ2) is 4.90. The van der Waals surface area contributed by atoms with Gasteiger partial charge in [0.2, 0.25) is 0 Å². The van der Waals surface area contributed by atoms with Crippen molar-refractivity contribution in [1.29, 1.82) is 0 Å². The molecule has 0 fully saturated rings. The van der Waals surface area contributed by atoms with Crippen LogP contribution in [-0.2, 0) is 4.79 Å². The fraction of sp³-hybridized carbons (Fsp3) is 0.250. The van der Waals surface area contributed by atoms with Crippen LogP contribution < -0.4 is 5.32 Å². The summed E-state index contributed by atoms with van der Waals surface area (Å²) in [5.41, 5.74) is 0.280. The molecule has 1 aromatic rings. The molecule has 1 amide bonds. The monoisotopic (exact) mass is 218 g/mol. The molecule has 0 aliphatic rings. The van der Waals surface area contributed by atoms with Crippen LogP contribution in [0.3, 0.4) is 0 Å². The number of carbonyl (C=O) groups excluding carboxylic acids is 1. The Morgan fingerprint density at radius 2 is 2.29 bits per heavy atom. The molecule has 0 bridgehead atoms. The zero-order chi connectivity index (χ0) is 10.6. The van der Waals surface area contributed by atoms with Gasteiger partial charge in [0.1, 0.15) is 0 Å². The van der Waals surface area contributed by atoms with Gasteiger partial charge in [-0.3, -0.25) is 9.78 Å². The van der Waals surface area contributed by atoms with Gasteiger partial charge in [-0.25, -0.2) is 0 Å². The summed E-state index contributed by atoms with van der Waals surface area (Å²) in [6.45, 7) is 0. The first-order valence-corrected chi connectivity index (χ1v) is 4.94. The van der Waals surface area contributed by atoms with Crippen molar-refractivity contribution in [3.63, 3.8) is 0 Å². The summed E-state index contributed by atoms with van der Waals surface area (Å²) in [7, 11) is 0. The number of carbonyl (C=O) groups is 1. The van der Waals surface area contributed by atoms with Crippen LogP contribution in [0.15, 0.2) is 23.4 Å². The highest BCUT2D eigenvalue weighted by Crippen LogP contribution is 2.17. The quantitative estimate of drug-likeness (QED) is 0.789. The van der Waals surface area contributed by atoms with Crippen molar-refractivity contribution in [3.8, 4) is 0 Å². The fourth-order valence-electron chi connectivity index (χ4n) is 0.796. The van der Waals surface area contributed by atoms with Crippen LogP contribution in [0.1, 0.15) is 0 Å². The van der Waals surface area contributed by atoms with E-state index in [0.29, 0.717) is 0 Å². The lowest BCUT2D eigenvalue weighted by molar-refractivity contribution is -0.126. The molecule has 76 valence electrons. The van der Waals surface area contributed by atoms with E-state index in [-0.39, 0.29) is 5.69 Å². The molecule has 0 unspecified atom stereocenters. The van der Waals surface area contributed by atoms with E-state index < -0.39 is 12.3 Å². The molecule has 14 heavy (non-hydrogen) atoms. The number of rotatable bonds is 3. The Kier molecular flexibility index (Phi) is 3.82. The van der Waals surface area contributed by atoms with Crippen molar-refractivity contribution in [2.75, 3.05) is 11.6 Å². The summed E-state index contributed by atoms with van der Waals surface area (Å²) in [5.74, 6) is -1.31. The Hall–Kier alpha value is -1.17. The van der Waals surface area contributed by atoms with E-state index in [1.165, 1.54) is 18.0 Å². The highest BCUT2D eigenvalue weighted by molar-refractivity contribution is 7.98. The van der Waals surface area contributed by atoms with Gasteiger partial charge in [-0.05, 0) is 12.3 Å². The molecular weight excluding hydrogens is 210 g/mol. The predicted molar refractivity (Wildman–Crippen MR) is 50.7 cm³/mol. The average Bonchev–Trinajstić information content (AvgIpc) is 2.18. The van der Waals surface area contributed by atoms with Crippen molar-refractivity contribution < 1.29 is 13.6 Å². The van der Waals surface area contributed by atoms with Crippen LogP contribution in [0.4, 0.5) is 14.5 Å². The number of nitrogens with zero attached hydrogens (tertiary/aromatic N) is 1. The zero-order valence-electron chi connectivity index (χ0n) is 7.33. The molecule has 0 saturated carbocycles. The van der Waals surface area contributed by atoms with Crippen molar-refractivity contribution in [2.45, 2.75) is 11.3 Å². The van der Waals surface area contributed by atoms with Crippen LogP contribution in [0.2, 0.25) is 0 Å². The number of aromatic nitrogens is 1. The SMILES string of the molecule is CSc1cncc(NC(=O)C(F)F)c1. The van der Waals surface area contributed by atoms with Crippen molar-refractivity contribution in [1.82, 2.24) is 4.98 Å². The third-order valence-corrected chi connectivity index (χ3v) is 2.11. The van der Waals surface area contributed by atoms with Crippen LogP contribution in [0.5, 0.6) is 0 Å². The Bertz CT molecular complexity index is 333. The molecule has 1 aromatic heterocycles. The number of halogens is 2. The van der Waals surface area contributed by atoms with Crippen molar-refractivity contribution in [2.24, 2.45) is 0 Å². The van der Waals surface area contributed by atoms with Gasteiger partial charge in [0.15, 0.2) is 0 Å². The van der Waals surface area contributed by atoms with E-state index in [4.69, 9.17) is 0 Å². The standard InChI is InChI=1S/C8H8F2N2OS/c1-14-6-2-5(3-11-4-6)12-8(13)7(9)10/h2-4,7H,1H3,(H,12,13). The maximum absolute atomic E-state index is 11.9. The number of amides is 1. The van der Waals surface area contributed by atoms with Gasteiger partial charge >= 0.3 is 6.43 Å². The lowest BCUT2D eigenvalue weighted by Crippen LogP contribution is -2.20. The smallest absolute Gasteiger partial charge is 0.315 e. The first-order chi connectivity index (χ1) is 6.63. The van der Waals surface area contributed by atoms with Crippen molar-refractivity contribution in [3.05, 3.63) is 18.5 Å².